The van der Waals surface area contributed by atoms with Crippen LogP contribution in [0.5, 0.6) is 0 Å². The molecule has 0 saturated carbocycles. The van der Waals surface area contributed by atoms with Crippen molar-refractivity contribution in [3.8, 4) is 0 Å². The second-order valence-corrected chi connectivity index (χ2v) is 4.82. The van der Waals surface area contributed by atoms with Crippen LogP contribution in [0, 0.1) is 0 Å². The van der Waals surface area contributed by atoms with E-state index in [0.717, 1.165) is 0 Å². The van der Waals surface area contributed by atoms with Crippen molar-refractivity contribution in [2.24, 2.45) is 0 Å². The molecule has 2 amide bonds. The van der Waals surface area contributed by atoms with Crippen LogP contribution >= 0.6 is 0 Å². The van der Waals surface area contributed by atoms with E-state index in [4.69, 9.17) is 5.11 Å². The Kier molecular flexibility index (Phi) is 4.13. The molecule has 0 aromatic heterocycles. The highest BCUT2D eigenvalue weighted by atomic mass is 16.4. The summed E-state index contributed by atoms with van der Waals surface area (Å²) in [5.41, 5.74) is -1.59. The molecule has 0 aliphatic heterocycles. The third kappa shape index (κ3) is 4.67. The van der Waals surface area contributed by atoms with Crippen molar-refractivity contribution in [3.63, 3.8) is 0 Å². The summed E-state index contributed by atoms with van der Waals surface area (Å²) in [6, 6.07) is -0.464. The van der Waals surface area contributed by atoms with Crippen LogP contribution < -0.4 is 10.6 Å². The molecule has 0 fully saturated rings. The Balaban J connectivity index is 4.45. The van der Waals surface area contributed by atoms with E-state index < -0.39 is 17.5 Å². The molecule has 5 heteroatoms. The fourth-order valence-corrected chi connectivity index (χ4v) is 0.915. The Hall–Kier alpha value is -1.26. The van der Waals surface area contributed by atoms with Crippen molar-refractivity contribution in [1.82, 2.24) is 10.6 Å². The highest BCUT2D eigenvalue weighted by molar-refractivity contribution is 5.86. The van der Waals surface area contributed by atoms with Gasteiger partial charge >= 0.3 is 12.0 Å². The predicted molar refractivity (Wildman–Crippen MR) is 57.8 cm³/mol. The fourth-order valence-electron chi connectivity index (χ4n) is 0.915. The minimum Gasteiger partial charge on any atom is -0.480 e. The maximum Gasteiger partial charge on any atom is 0.329 e. The van der Waals surface area contributed by atoms with E-state index >= 15 is 0 Å². The van der Waals surface area contributed by atoms with Gasteiger partial charge in [-0.25, -0.2) is 9.59 Å². The van der Waals surface area contributed by atoms with Crippen LogP contribution in [-0.2, 0) is 4.79 Å². The first-order valence-electron chi connectivity index (χ1n) is 4.94. The smallest absolute Gasteiger partial charge is 0.329 e. The summed E-state index contributed by atoms with van der Waals surface area (Å²) >= 11 is 0. The third-order valence-corrected chi connectivity index (χ3v) is 2.06. The van der Waals surface area contributed by atoms with Crippen LogP contribution in [-0.4, -0.2) is 28.2 Å². The molecule has 0 rings (SSSR count). The Labute approximate surface area is 90.2 Å². The van der Waals surface area contributed by atoms with Crippen LogP contribution in [0.4, 0.5) is 4.79 Å². The lowest BCUT2D eigenvalue weighted by Gasteiger charge is -2.28. The van der Waals surface area contributed by atoms with Gasteiger partial charge in [-0.3, -0.25) is 0 Å². The molecule has 1 unspecified atom stereocenters. The number of urea groups is 1. The van der Waals surface area contributed by atoms with Crippen molar-refractivity contribution in [2.45, 2.75) is 52.1 Å². The average molecular weight is 216 g/mol. The van der Waals surface area contributed by atoms with Crippen LogP contribution in [0.15, 0.2) is 0 Å². The number of carboxylic acids is 1. The maximum atomic E-state index is 11.5. The first-order chi connectivity index (χ1) is 6.60. The van der Waals surface area contributed by atoms with E-state index in [1.807, 2.05) is 20.8 Å². The molecule has 0 saturated heterocycles. The molecule has 88 valence electrons. The number of hydrogen-bond acceptors (Lipinski definition) is 2. The first kappa shape index (κ1) is 13.7. The lowest BCUT2D eigenvalue weighted by molar-refractivity contribution is -0.143. The van der Waals surface area contributed by atoms with Crippen molar-refractivity contribution in [1.29, 1.82) is 0 Å². The van der Waals surface area contributed by atoms with Crippen LogP contribution in [0.2, 0.25) is 0 Å². The maximum absolute atomic E-state index is 11.5. The number of carboxylic acid groups (broad SMARTS) is 1. The van der Waals surface area contributed by atoms with Crippen LogP contribution in [0.3, 0.4) is 0 Å². The van der Waals surface area contributed by atoms with E-state index in [2.05, 4.69) is 10.6 Å². The van der Waals surface area contributed by atoms with Gasteiger partial charge in [-0.05, 0) is 34.1 Å². The van der Waals surface area contributed by atoms with Crippen molar-refractivity contribution in [3.05, 3.63) is 0 Å². The minimum atomic E-state index is -1.21. The van der Waals surface area contributed by atoms with Gasteiger partial charge in [0, 0.05) is 5.54 Å². The molecule has 15 heavy (non-hydrogen) atoms. The summed E-state index contributed by atoms with van der Waals surface area (Å²) < 4.78 is 0. The van der Waals surface area contributed by atoms with Crippen LogP contribution in [0.1, 0.15) is 41.0 Å². The standard InChI is InChI=1S/C10H20N2O3/c1-6-10(5,7(13)14)12-8(15)11-9(2,3)4/h6H2,1-5H3,(H,13,14)(H2,11,12,15). The van der Waals surface area contributed by atoms with Gasteiger partial charge in [0.2, 0.25) is 0 Å². The Bertz CT molecular complexity index is 258. The second-order valence-electron chi connectivity index (χ2n) is 4.82. The van der Waals surface area contributed by atoms with Gasteiger partial charge in [-0.1, -0.05) is 6.92 Å². The third-order valence-electron chi connectivity index (χ3n) is 2.06. The monoisotopic (exact) mass is 216 g/mol. The highest BCUT2D eigenvalue weighted by Gasteiger charge is 2.33. The van der Waals surface area contributed by atoms with Crippen molar-refractivity contribution < 1.29 is 14.7 Å². The predicted octanol–water partition coefficient (Wildman–Crippen LogP) is 1.34. The molecule has 0 aliphatic carbocycles. The van der Waals surface area contributed by atoms with Gasteiger partial charge in [0.15, 0.2) is 0 Å². The zero-order valence-corrected chi connectivity index (χ0v) is 9.97. The SMILES string of the molecule is CCC(C)(NC(=O)NC(C)(C)C)C(=O)O. The number of rotatable bonds is 3. The first-order valence-corrected chi connectivity index (χ1v) is 4.94. The average Bonchev–Trinajstić information content (AvgIpc) is 1.99. The summed E-state index contributed by atoms with van der Waals surface area (Å²) in [6.45, 7) is 8.69. The van der Waals surface area contributed by atoms with E-state index in [-0.39, 0.29) is 5.54 Å². The lowest BCUT2D eigenvalue weighted by Crippen LogP contribution is -2.57. The molecule has 3 N–H and O–H groups in total. The summed E-state index contributed by atoms with van der Waals surface area (Å²) in [5, 5.41) is 14.0. The zero-order valence-electron chi connectivity index (χ0n) is 9.97. The van der Waals surface area contributed by atoms with Gasteiger partial charge in [0.25, 0.3) is 0 Å². The van der Waals surface area contributed by atoms with Crippen molar-refractivity contribution >= 4 is 12.0 Å². The number of carbonyl (C=O) groups is 2. The lowest BCUT2D eigenvalue weighted by atomic mass is 9.99. The Morgan fingerprint density at radius 1 is 1.13 bits per heavy atom. The van der Waals surface area contributed by atoms with Crippen molar-refractivity contribution in [2.75, 3.05) is 0 Å². The summed E-state index contributed by atoms with van der Waals surface area (Å²) in [4.78, 5) is 22.4. The molecule has 0 bridgehead atoms. The van der Waals surface area contributed by atoms with E-state index in [0.29, 0.717) is 6.42 Å². The normalized spacial score (nSPS) is 15.3. The van der Waals surface area contributed by atoms with Crippen LogP contribution in [0.25, 0.3) is 0 Å². The summed E-state index contributed by atoms with van der Waals surface area (Å²) in [7, 11) is 0. The fraction of sp³-hybridized carbons (Fsp3) is 0.800. The topological polar surface area (TPSA) is 78.4 Å². The number of carbonyl (C=O) groups excluding carboxylic acids is 1. The molecule has 1 atom stereocenters. The number of hydrogen-bond donors (Lipinski definition) is 3. The highest BCUT2D eigenvalue weighted by Crippen LogP contribution is 2.09. The number of amides is 2. The number of nitrogens with one attached hydrogen (secondary N) is 2. The number of aliphatic carboxylic acids is 1. The molecule has 0 aliphatic rings. The van der Waals surface area contributed by atoms with E-state index in [9.17, 15) is 9.59 Å². The zero-order chi connectivity index (χ0) is 12.3. The largest absolute Gasteiger partial charge is 0.480 e. The molecule has 5 nitrogen and oxygen atoms in total. The van der Waals surface area contributed by atoms with Gasteiger partial charge < -0.3 is 15.7 Å². The van der Waals surface area contributed by atoms with Gasteiger partial charge in [0.1, 0.15) is 5.54 Å². The van der Waals surface area contributed by atoms with E-state index in [1.54, 1.807) is 6.92 Å². The molecule has 0 aromatic carbocycles. The van der Waals surface area contributed by atoms with Gasteiger partial charge in [-0.15, -0.1) is 0 Å². The molecule has 0 spiro atoms. The molecular formula is C10H20N2O3. The summed E-state index contributed by atoms with van der Waals surface area (Å²) in [5.74, 6) is -1.03. The quantitative estimate of drug-likeness (QED) is 0.666. The van der Waals surface area contributed by atoms with E-state index in [1.165, 1.54) is 6.92 Å². The molecule has 0 heterocycles. The minimum absolute atomic E-state index is 0.333. The van der Waals surface area contributed by atoms with Gasteiger partial charge in [0.05, 0.1) is 0 Å². The molecule has 0 radical (unpaired) electrons. The Morgan fingerprint density at radius 2 is 1.60 bits per heavy atom. The molecular weight excluding hydrogens is 196 g/mol. The van der Waals surface area contributed by atoms with Gasteiger partial charge in [-0.2, -0.15) is 0 Å². The summed E-state index contributed by atoms with van der Waals surface area (Å²) in [6.07, 6.45) is 0.333. The molecule has 0 aromatic rings. The Morgan fingerprint density at radius 3 is 1.87 bits per heavy atom. The second kappa shape index (κ2) is 4.51.